The summed E-state index contributed by atoms with van der Waals surface area (Å²) in [6.07, 6.45) is 0. The van der Waals surface area contributed by atoms with Crippen LogP contribution >= 0.6 is 23.2 Å². The van der Waals surface area contributed by atoms with Gasteiger partial charge < -0.3 is 0 Å². The van der Waals surface area contributed by atoms with E-state index in [1.54, 1.807) is 18.2 Å². The van der Waals surface area contributed by atoms with Crippen molar-refractivity contribution in [1.82, 2.24) is 5.32 Å². The standard InChI is InChI=1S/C12H5Cl2NO2/c13-7-3-1-2-5-9-6(4-8(14)10(5)7)11(16)15-12(9)17/h1-4H,(H,15,16,17). The van der Waals surface area contributed by atoms with Crippen LogP contribution in [0.3, 0.4) is 0 Å². The maximum atomic E-state index is 11.7. The Bertz CT molecular complexity index is 694. The molecule has 0 bridgehead atoms. The molecule has 2 aromatic carbocycles. The summed E-state index contributed by atoms with van der Waals surface area (Å²) in [5.74, 6) is -0.831. The van der Waals surface area contributed by atoms with Crippen LogP contribution in [0, 0.1) is 0 Å². The monoisotopic (exact) mass is 265 g/mol. The van der Waals surface area contributed by atoms with Gasteiger partial charge in [-0.25, -0.2) is 0 Å². The van der Waals surface area contributed by atoms with E-state index in [0.717, 1.165) is 0 Å². The Morgan fingerprint density at radius 3 is 2.53 bits per heavy atom. The van der Waals surface area contributed by atoms with E-state index in [9.17, 15) is 9.59 Å². The average Bonchev–Trinajstić information content (AvgIpc) is 2.54. The first-order valence-electron chi connectivity index (χ1n) is 4.86. The van der Waals surface area contributed by atoms with E-state index in [-0.39, 0.29) is 0 Å². The van der Waals surface area contributed by atoms with Crippen LogP contribution in [0.25, 0.3) is 10.8 Å². The first-order chi connectivity index (χ1) is 8.09. The van der Waals surface area contributed by atoms with E-state index < -0.39 is 11.8 Å². The average molecular weight is 266 g/mol. The van der Waals surface area contributed by atoms with Crippen molar-refractivity contribution >= 4 is 45.8 Å². The van der Waals surface area contributed by atoms with Gasteiger partial charge in [-0.2, -0.15) is 0 Å². The molecule has 1 aliphatic rings. The summed E-state index contributed by atoms with van der Waals surface area (Å²) in [5, 5.41) is 4.27. The summed E-state index contributed by atoms with van der Waals surface area (Å²) in [5.41, 5.74) is 0.645. The molecule has 17 heavy (non-hydrogen) atoms. The molecule has 2 amide bonds. The number of halogens is 2. The Balaban J connectivity index is 2.56. The Kier molecular flexibility index (Phi) is 2.15. The van der Waals surface area contributed by atoms with Crippen molar-refractivity contribution < 1.29 is 9.59 Å². The molecule has 0 fully saturated rings. The highest BCUT2D eigenvalue weighted by Crippen LogP contribution is 2.36. The summed E-state index contributed by atoms with van der Waals surface area (Å²) in [7, 11) is 0. The number of rotatable bonds is 0. The van der Waals surface area contributed by atoms with Gasteiger partial charge in [0.2, 0.25) is 0 Å². The van der Waals surface area contributed by atoms with Gasteiger partial charge in [-0.05, 0) is 17.5 Å². The number of hydrogen-bond acceptors (Lipinski definition) is 2. The molecule has 1 aliphatic heterocycles. The van der Waals surface area contributed by atoms with Crippen molar-refractivity contribution in [3.05, 3.63) is 45.4 Å². The molecule has 0 unspecified atom stereocenters. The fourth-order valence-corrected chi connectivity index (χ4v) is 2.69. The topological polar surface area (TPSA) is 46.2 Å². The van der Waals surface area contributed by atoms with Gasteiger partial charge >= 0.3 is 0 Å². The molecule has 0 saturated heterocycles. The van der Waals surface area contributed by atoms with E-state index in [2.05, 4.69) is 5.32 Å². The van der Waals surface area contributed by atoms with E-state index in [0.29, 0.717) is 31.9 Å². The van der Waals surface area contributed by atoms with Crippen molar-refractivity contribution in [2.24, 2.45) is 0 Å². The van der Waals surface area contributed by atoms with Gasteiger partial charge in [0, 0.05) is 10.4 Å². The van der Waals surface area contributed by atoms with Crippen LogP contribution in [-0.4, -0.2) is 11.8 Å². The molecule has 0 aliphatic carbocycles. The summed E-state index contributed by atoms with van der Waals surface area (Å²) in [6, 6.07) is 6.61. The molecule has 3 rings (SSSR count). The van der Waals surface area contributed by atoms with Gasteiger partial charge in [0.25, 0.3) is 11.8 Å². The minimum atomic E-state index is -0.422. The van der Waals surface area contributed by atoms with E-state index >= 15 is 0 Å². The van der Waals surface area contributed by atoms with Crippen LogP contribution in [0.5, 0.6) is 0 Å². The molecule has 5 heteroatoms. The lowest BCUT2D eigenvalue weighted by atomic mass is 10.0. The van der Waals surface area contributed by atoms with Gasteiger partial charge in [-0.3, -0.25) is 14.9 Å². The van der Waals surface area contributed by atoms with Crippen molar-refractivity contribution in [3.63, 3.8) is 0 Å². The van der Waals surface area contributed by atoms with Crippen molar-refractivity contribution in [2.45, 2.75) is 0 Å². The highest BCUT2D eigenvalue weighted by atomic mass is 35.5. The Hall–Kier alpha value is -1.58. The summed E-state index contributed by atoms with van der Waals surface area (Å²) in [4.78, 5) is 23.2. The highest BCUT2D eigenvalue weighted by molar-refractivity contribution is 6.44. The van der Waals surface area contributed by atoms with Crippen LogP contribution in [0.2, 0.25) is 10.0 Å². The number of nitrogens with one attached hydrogen (secondary N) is 1. The maximum Gasteiger partial charge on any atom is 0.259 e. The zero-order valence-electron chi connectivity index (χ0n) is 8.38. The molecule has 2 aromatic rings. The fraction of sp³-hybridized carbons (Fsp3) is 0. The third kappa shape index (κ3) is 1.36. The molecule has 3 nitrogen and oxygen atoms in total. The van der Waals surface area contributed by atoms with E-state index in [1.807, 2.05) is 0 Å². The molecule has 0 spiro atoms. The molecular formula is C12H5Cl2NO2. The van der Waals surface area contributed by atoms with Crippen LogP contribution < -0.4 is 5.32 Å². The van der Waals surface area contributed by atoms with Crippen molar-refractivity contribution in [2.75, 3.05) is 0 Å². The highest BCUT2D eigenvalue weighted by Gasteiger charge is 2.30. The number of amides is 2. The predicted octanol–water partition coefficient (Wildman–Crippen LogP) is 3.03. The number of carbonyl (C=O) groups excluding carboxylic acids is 2. The first kappa shape index (κ1) is 10.6. The lowest BCUT2D eigenvalue weighted by molar-refractivity contribution is 0.0880. The SMILES string of the molecule is O=C1NC(=O)c2c1cc(Cl)c1c(Cl)cccc21. The van der Waals surface area contributed by atoms with Crippen molar-refractivity contribution in [1.29, 1.82) is 0 Å². The van der Waals surface area contributed by atoms with Gasteiger partial charge in [0.15, 0.2) is 0 Å². The second-order valence-corrected chi connectivity index (χ2v) is 4.54. The molecule has 0 saturated carbocycles. The number of benzene rings is 2. The number of fused-ring (bicyclic) bond motifs is 3. The van der Waals surface area contributed by atoms with Gasteiger partial charge in [0.1, 0.15) is 0 Å². The van der Waals surface area contributed by atoms with E-state index in [1.165, 1.54) is 6.07 Å². The van der Waals surface area contributed by atoms with Crippen LogP contribution in [0.15, 0.2) is 24.3 Å². The first-order valence-corrected chi connectivity index (χ1v) is 5.61. The largest absolute Gasteiger partial charge is 0.288 e. The van der Waals surface area contributed by atoms with E-state index in [4.69, 9.17) is 23.2 Å². The second kappa shape index (κ2) is 3.45. The number of hydrogen-bond donors (Lipinski definition) is 1. The summed E-state index contributed by atoms with van der Waals surface area (Å²) in [6.45, 7) is 0. The Morgan fingerprint density at radius 2 is 1.76 bits per heavy atom. The zero-order valence-corrected chi connectivity index (χ0v) is 9.89. The van der Waals surface area contributed by atoms with Gasteiger partial charge in [-0.1, -0.05) is 35.3 Å². The van der Waals surface area contributed by atoms with Crippen LogP contribution in [0.1, 0.15) is 20.7 Å². The van der Waals surface area contributed by atoms with Crippen molar-refractivity contribution in [3.8, 4) is 0 Å². The third-order valence-electron chi connectivity index (χ3n) is 2.76. The zero-order chi connectivity index (χ0) is 12.2. The second-order valence-electron chi connectivity index (χ2n) is 3.73. The lowest BCUT2D eigenvalue weighted by Gasteiger charge is -2.06. The van der Waals surface area contributed by atoms with Crippen LogP contribution in [0.4, 0.5) is 0 Å². The summed E-state index contributed by atoms with van der Waals surface area (Å²) < 4.78 is 0. The smallest absolute Gasteiger partial charge is 0.259 e. The van der Waals surface area contributed by atoms with Gasteiger partial charge in [-0.15, -0.1) is 0 Å². The Morgan fingerprint density at radius 1 is 1.00 bits per heavy atom. The normalized spacial score (nSPS) is 14.0. The third-order valence-corrected chi connectivity index (χ3v) is 3.37. The minimum absolute atomic E-state index is 0.301. The quantitative estimate of drug-likeness (QED) is 0.745. The predicted molar refractivity (Wildman–Crippen MR) is 65.8 cm³/mol. The van der Waals surface area contributed by atoms with Gasteiger partial charge in [0.05, 0.1) is 16.1 Å². The molecule has 84 valence electrons. The lowest BCUT2D eigenvalue weighted by Crippen LogP contribution is -2.19. The van der Waals surface area contributed by atoms with Crippen LogP contribution in [-0.2, 0) is 0 Å². The summed E-state index contributed by atoms with van der Waals surface area (Å²) >= 11 is 12.1. The molecule has 0 radical (unpaired) electrons. The Labute approximate surface area is 106 Å². The molecule has 1 heterocycles. The molecule has 0 aromatic heterocycles. The molecule has 0 atom stereocenters. The molecule has 1 N–H and O–H groups in total. The fourth-order valence-electron chi connectivity index (χ4n) is 2.05. The molecular weight excluding hydrogens is 261 g/mol. The number of imide groups is 1. The minimum Gasteiger partial charge on any atom is -0.288 e. The number of carbonyl (C=O) groups is 2. The maximum absolute atomic E-state index is 11.7.